The molecule has 0 spiro atoms. The summed E-state index contributed by atoms with van der Waals surface area (Å²) in [6.07, 6.45) is -0.427. The number of rotatable bonds is 3. The Morgan fingerprint density at radius 3 is 2.38 bits per heavy atom. The predicted octanol–water partition coefficient (Wildman–Crippen LogP) is 4.88. The van der Waals surface area contributed by atoms with Gasteiger partial charge in [-0.15, -0.1) is 11.3 Å². The van der Waals surface area contributed by atoms with Gasteiger partial charge in [0.25, 0.3) is 5.91 Å². The van der Waals surface area contributed by atoms with Gasteiger partial charge in [-0.2, -0.15) is 0 Å². The Labute approximate surface area is 205 Å². The number of aryl methyl sites for hydroxylation is 1. The number of anilines is 2. The van der Waals surface area contributed by atoms with E-state index in [1.807, 2.05) is 86.1 Å². The summed E-state index contributed by atoms with van der Waals surface area (Å²) in [5.74, 6) is 1.04. The smallest absolute Gasteiger partial charge is 0.256 e. The molecule has 0 saturated carbocycles. The molecule has 9 heteroatoms. The van der Waals surface area contributed by atoms with E-state index in [2.05, 4.69) is 10.6 Å². The number of hydrogen-bond donors (Lipinski definition) is 3. The molecule has 1 aliphatic heterocycles. The number of aliphatic imine (C=N–C) groups is 1. The molecule has 1 amide bonds. The van der Waals surface area contributed by atoms with Crippen LogP contribution in [-0.4, -0.2) is 16.3 Å². The fourth-order valence-electron chi connectivity index (χ4n) is 3.75. The summed E-state index contributed by atoms with van der Waals surface area (Å²) in [7, 11) is 1.87. The maximum Gasteiger partial charge on any atom is 0.256 e. The Morgan fingerprint density at radius 2 is 1.68 bits per heavy atom. The molecule has 7 nitrogen and oxygen atoms in total. The minimum absolute atomic E-state index is 0.0924. The average molecular weight is 489 g/mol. The fraction of sp³-hybridized carbons (Fsp3) is 0.160. The predicted molar refractivity (Wildman–Crippen MR) is 140 cm³/mol. The number of thiazole rings is 1. The lowest BCUT2D eigenvalue weighted by atomic mass is 10.1. The molecule has 4 aromatic rings. The van der Waals surface area contributed by atoms with Crippen LogP contribution in [0.2, 0.25) is 0 Å². The standard InChI is InChI=1S/C25H24N6OS2/c1-14-15(2)33-24-18(14)23(32)28-22(29-24)19-20(26)31(3)25(34-19)30-21(16-10-6-4-7-11-16)27-17-12-8-5-9-13-17/h4-13,22,29H,26H2,1-3H3,(H,28,32). The number of benzene rings is 2. The molecule has 2 aromatic carbocycles. The molecule has 4 N–H and O–H groups in total. The Bertz CT molecular complexity index is 1460. The Kier molecular flexibility index (Phi) is 5.80. The molecule has 0 saturated heterocycles. The number of carbonyl (C=O) groups excluding carboxylic acids is 1. The van der Waals surface area contributed by atoms with Crippen molar-refractivity contribution in [2.45, 2.75) is 20.0 Å². The first-order valence-electron chi connectivity index (χ1n) is 10.8. The van der Waals surface area contributed by atoms with Crippen molar-refractivity contribution in [1.29, 1.82) is 0 Å². The lowest BCUT2D eigenvalue weighted by Crippen LogP contribution is -2.38. The van der Waals surface area contributed by atoms with Gasteiger partial charge in [0.1, 0.15) is 17.0 Å². The first-order valence-corrected chi connectivity index (χ1v) is 12.4. The Balaban J connectivity index is 1.58. The van der Waals surface area contributed by atoms with Gasteiger partial charge in [0, 0.05) is 17.5 Å². The van der Waals surface area contributed by atoms with E-state index in [1.54, 1.807) is 11.3 Å². The van der Waals surface area contributed by atoms with E-state index in [9.17, 15) is 4.79 Å². The van der Waals surface area contributed by atoms with Crippen LogP contribution in [0.4, 0.5) is 16.5 Å². The van der Waals surface area contributed by atoms with Crippen molar-refractivity contribution in [3.05, 3.63) is 91.9 Å². The van der Waals surface area contributed by atoms with E-state index < -0.39 is 6.17 Å². The van der Waals surface area contributed by atoms with Crippen molar-refractivity contribution >= 4 is 50.9 Å². The van der Waals surface area contributed by atoms with Crippen molar-refractivity contribution < 1.29 is 4.79 Å². The normalized spacial score (nSPS) is 16.2. The topological polar surface area (TPSA) is 96.8 Å². The fourth-order valence-corrected chi connectivity index (χ4v) is 5.88. The lowest BCUT2D eigenvalue weighted by Gasteiger charge is -2.25. The summed E-state index contributed by atoms with van der Waals surface area (Å²) in [4.78, 5) is 25.1. The average Bonchev–Trinajstić information content (AvgIpc) is 3.29. The zero-order valence-electron chi connectivity index (χ0n) is 19.0. The number of thiophene rings is 1. The second kappa shape index (κ2) is 8.92. The van der Waals surface area contributed by atoms with E-state index in [0.29, 0.717) is 22.0 Å². The van der Waals surface area contributed by atoms with Gasteiger partial charge in [0.2, 0.25) is 0 Å². The van der Waals surface area contributed by atoms with Gasteiger partial charge in [0.15, 0.2) is 10.6 Å². The van der Waals surface area contributed by atoms with E-state index in [1.165, 1.54) is 11.3 Å². The van der Waals surface area contributed by atoms with Crippen LogP contribution < -0.4 is 21.2 Å². The third kappa shape index (κ3) is 4.04. The molecule has 1 aliphatic rings. The highest BCUT2D eigenvalue weighted by Crippen LogP contribution is 2.38. The van der Waals surface area contributed by atoms with E-state index in [-0.39, 0.29) is 5.91 Å². The number of amides is 1. The number of para-hydroxylation sites is 1. The van der Waals surface area contributed by atoms with Crippen molar-refractivity contribution in [3.8, 4) is 0 Å². The highest BCUT2D eigenvalue weighted by atomic mass is 32.1. The minimum atomic E-state index is -0.427. The Hall–Kier alpha value is -3.69. The molecule has 2 aromatic heterocycles. The zero-order valence-corrected chi connectivity index (χ0v) is 20.6. The number of fused-ring (bicyclic) bond motifs is 1. The second-order valence-corrected chi connectivity index (χ2v) is 10.2. The van der Waals surface area contributed by atoms with Crippen LogP contribution in [0, 0.1) is 13.8 Å². The van der Waals surface area contributed by atoms with Crippen LogP contribution >= 0.6 is 22.7 Å². The van der Waals surface area contributed by atoms with Crippen LogP contribution in [-0.2, 0) is 7.05 Å². The van der Waals surface area contributed by atoms with Crippen molar-refractivity contribution in [2.75, 3.05) is 11.1 Å². The van der Waals surface area contributed by atoms with E-state index in [0.717, 1.165) is 31.6 Å². The minimum Gasteiger partial charge on any atom is -0.384 e. The van der Waals surface area contributed by atoms with Gasteiger partial charge in [-0.25, -0.2) is 9.98 Å². The van der Waals surface area contributed by atoms with E-state index >= 15 is 0 Å². The van der Waals surface area contributed by atoms with Crippen LogP contribution in [0.25, 0.3) is 0 Å². The molecule has 1 unspecified atom stereocenters. The summed E-state index contributed by atoms with van der Waals surface area (Å²) in [6.45, 7) is 4.00. The molecule has 0 bridgehead atoms. The highest BCUT2D eigenvalue weighted by molar-refractivity contribution is 7.16. The first kappa shape index (κ1) is 22.1. The number of amidine groups is 1. The van der Waals surface area contributed by atoms with Crippen LogP contribution in [0.5, 0.6) is 0 Å². The maximum absolute atomic E-state index is 12.8. The summed E-state index contributed by atoms with van der Waals surface area (Å²) >= 11 is 3.02. The number of carbonyl (C=O) groups is 1. The maximum atomic E-state index is 12.8. The molecule has 5 rings (SSSR count). The number of hydrogen-bond acceptors (Lipinski definition) is 6. The van der Waals surface area contributed by atoms with Crippen molar-refractivity contribution in [2.24, 2.45) is 17.0 Å². The van der Waals surface area contributed by atoms with Crippen LogP contribution in [0.3, 0.4) is 0 Å². The summed E-state index contributed by atoms with van der Waals surface area (Å²) < 4.78 is 1.83. The van der Waals surface area contributed by atoms with Gasteiger partial charge >= 0.3 is 0 Å². The van der Waals surface area contributed by atoms with Gasteiger partial charge in [-0.05, 0) is 31.5 Å². The SMILES string of the molecule is Cc1sc2c(c1C)C(=O)NC(c1sc(=NC(=Nc3ccccc3)c3ccccc3)n(C)c1N)N2. The third-order valence-corrected chi connectivity index (χ3v) is 8.10. The van der Waals surface area contributed by atoms with Crippen molar-refractivity contribution in [1.82, 2.24) is 9.88 Å². The van der Waals surface area contributed by atoms with Crippen LogP contribution in [0.1, 0.15) is 37.4 Å². The van der Waals surface area contributed by atoms with E-state index in [4.69, 9.17) is 15.7 Å². The number of nitrogen functional groups attached to an aromatic ring is 1. The summed E-state index contributed by atoms with van der Waals surface area (Å²) in [6, 6.07) is 19.6. The molecular formula is C25H24N6OS2. The number of aromatic nitrogens is 1. The number of nitrogens with zero attached hydrogens (tertiary/aromatic N) is 3. The number of nitrogens with one attached hydrogen (secondary N) is 2. The quantitative estimate of drug-likeness (QED) is 0.283. The zero-order chi connectivity index (χ0) is 23.8. The van der Waals surface area contributed by atoms with Crippen molar-refractivity contribution in [3.63, 3.8) is 0 Å². The second-order valence-electron chi connectivity index (χ2n) is 7.98. The Morgan fingerprint density at radius 1 is 1.00 bits per heavy atom. The molecule has 0 fully saturated rings. The van der Waals surface area contributed by atoms with Gasteiger partial charge in [0.05, 0.1) is 16.1 Å². The molecule has 0 radical (unpaired) electrons. The summed E-state index contributed by atoms with van der Waals surface area (Å²) in [5, 5.41) is 7.36. The number of nitrogens with two attached hydrogens (primary N) is 1. The molecule has 172 valence electrons. The van der Waals surface area contributed by atoms with Crippen LogP contribution in [0.15, 0.2) is 70.6 Å². The third-order valence-electron chi connectivity index (χ3n) is 5.75. The molecule has 34 heavy (non-hydrogen) atoms. The monoisotopic (exact) mass is 488 g/mol. The molecule has 0 aliphatic carbocycles. The summed E-state index contributed by atoms with van der Waals surface area (Å²) in [5.41, 5.74) is 9.92. The van der Waals surface area contributed by atoms with Gasteiger partial charge in [-0.3, -0.25) is 4.79 Å². The highest BCUT2D eigenvalue weighted by Gasteiger charge is 2.31. The first-order chi connectivity index (χ1) is 16.4. The largest absolute Gasteiger partial charge is 0.384 e. The molecule has 3 heterocycles. The lowest BCUT2D eigenvalue weighted by molar-refractivity contribution is 0.0936. The molecular weight excluding hydrogens is 464 g/mol. The van der Waals surface area contributed by atoms with Gasteiger partial charge < -0.3 is 20.9 Å². The van der Waals surface area contributed by atoms with Gasteiger partial charge in [-0.1, -0.05) is 59.9 Å². The molecule has 1 atom stereocenters.